The van der Waals surface area contributed by atoms with Crippen molar-refractivity contribution in [1.82, 2.24) is 15.3 Å². The first kappa shape index (κ1) is 22.3. The molecule has 0 aromatic carbocycles. The highest BCUT2D eigenvalue weighted by atomic mass is 19.4. The van der Waals surface area contributed by atoms with Gasteiger partial charge in [-0.25, -0.2) is 9.97 Å². The third kappa shape index (κ3) is 4.36. The molecule has 1 fully saturated rings. The molecule has 2 atom stereocenters. The zero-order valence-corrected chi connectivity index (χ0v) is 16.8. The van der Waals surface area contributed by atoms with Gasteiger partial charge in [0.15, 0.2) is 0 Å². The summed E-state index contributed by atoms with van der Waals surface area (Å²) in [6.07, 6.45) is -9.25. The fraction of sp³-hybridized carbons (Fsp3) is 0.450. The summed E-state index contributed by atoms with van der Waals surface area (Å²) in [6, 6.07) is 2.83. The van der Waals surface area contributed by atoms with E-state index in [1.807, 2.05) is 6.92 Å². The van der Waals surface area contributed by atoms with Crippen LogP contribution in [0.4, 0.5) is 38.0 Å². The summed E-state index contributed by atoms with van der Waals surface area (Å²) in [4.78, 5) is 21.6. The van der Waals surface area contributed by atoms with Gasteiger partial charge in [-0.2, -0.15) is 26.3 Å². The fourth-order valence-electron chi connectivity index (χ4n) is 4.02. The van der Waals surface area contributed by atoms with Crippen LogP contribution >= 0.6 is 0 Å². The lowest BCUT2D eigenvalue weighted by atomic mass is 9.87. The molecule has 1 saturated heterocycles. The second kappa shape index (κ2) is 7.91. The molecule has 1 amide bonds. The van der Waals surface area contributed by atoms with Gasteiger partial charge in [0, 0.05) is 49.4 Å². The molecule has 172 valence electrons. The molecule has 2 aliphatic heterocycles. The number of halogens is 6. The number of aromatic nitrogens is 2. The van der Waals surface area contributed by atoms with E-state index < -0.39 is 36.2 Å². The average Bonchev–Trinajstić information content (AvgIpc) is 2.71. The van der Waals surface area contributed by atoms with E-state index in [0.717, 1.165) is 18.3 Å². The van der Waals surface area contributed by atoms with Crippen LogP contribution in [0.5, 0.6) is 0 Å². The van der Waals surface area contributed by atoms with E-state index >= 15 is 0 Å². The van der Waals surface area contributed by atoms with Gasteiger partial charge in [0.05, 0.1) is 17.2 Å². The smallest absolute Gasteiger partial charge is 0.354 e. The number of pyridine rings is 2. The first-order valence-corrected chi connectivity index (χ1v) is 9.87. The maximum Gasteiger partial charge on any atom is 0.416 e. The van der Waals surface area contributed by atoms with Gasteiger partial charge in [-0.05, 0) is 25.1 Å². The van der Waals surface area contributed by atoms with E-state index in [9.17, 15) is 31.1 Å². The summed E-state index contributed by atoms with van der Waals surface area (Å²) in [5, 5.41) is 5.46. The predicted octanol–water partition coefficient (Wildman–Crippen LogP) is 3.95. The van der Waals surface area contributed by atoms with Gasteiger partial charge in [-0.3, -0.25) is 4.79 Å². The highest BCUT2D eigenvalue weighted by Gasteiger charge is 2.47. The lowest BCUT2D eigenvalue weighted by molar-refractivity contribution is -0.156. The van der Waals surface area contributed by atoms with Crippen molar-refractivity contribution in [3.05, 3.63) is 35.5 Å². The number of fused-ring (bicyclic) bond motifs is 1. The molecule has 32 heavy (non-hydrogen) atoms. The number of piperazine rings is 1. The predicted molar refractivity (Wildman–Crippen MR) is 104 cm³/mol. The minimum atomic E-state index is -4.79. The monoisotopic (exact) mass is 459 g/mol. The van der Waals surface area contributed by atoms with Gasteiger partial charge >= 0.3 is 12.4 Å². The third-order valence-corrected chi connectivity index (χ3v) is 5.49. The molecular weight excluding hydrogens is 440 g/mol. The largest absolute Gasteiger partial charge is 0.416 e. The van der Waals surface area contributed by atoms with Gasteiger partial charge in [0.2, 0.25) is 5.91 Å². The minimum absolute atomic E-state index is 0.00190. The van der Waals surface area contributed by atoms with Crippen LogP contribution in [0.3, 0.4) is 0 Å². The number of anilines is 2. The average molecular weight is 459 g/mol. The highest BCUT2D eigenvalue weighted by molar-refractivity contribution is 5.95. The molecule has 2 aromatic rings. The van der Waals surface area contributed by atoms with Crippen LogP contribution in [-0.2, 0) is 11.0 Å². The highest BCUT2D eigenvalue weighted by Crippen LogP contribution is 2.47. The van der Waals surface area contributed by atoms with Crippen molar-refractivity contribution in [2.75, 3.05) is 29.9 Å². The molecule has 0 radical (unpaired) electrons. The van der Waals surface area contributed by atoms with E-state index in [1.54, 1.807) is 4.90 Å². The minimum Gasteiger partial charge on any atom is -0.354 e. The van der Waals surface area contributed by atoms with Crippen molar-refractivity contribution >= 4 is 17.5 Å². The standard InChI is InChI=1S/C20H19F6N5O/c1-10-9-31(5-4-27-10)15-7-11(19(21,22)23)6-14(29-15)12-2-3-28-18-17(12)13(20(24,25)26)8-16(32)30-18/h2-3,6-7,10,13,27H,4-5,8-9H2,1H3,(H,28,30,32)/t10-,13-/m0/s1. The fourth-order valence-corrected chi connectivity index (χ4v) is 4.02. The van der Waals surface area contributed by atoms with Crippen molar-refractivity contribution in [3.8, 4) is 11.3 Å². The lowest BCUT2D eigenvalue weighted by Gasteiger charge is -2.33. The first-order valence-electron chi connectivity index (χ1n) is 9.87. The number of hydrogen-bond donors (Lipinski definition) is 2. The van der Waals surface area contributed by atoms with E-state index in [-0.39, 0.29) is 34.5 Å². The molecular formula is C20H19F6N5O. The Balaban J connectivity index is 1.90. The first-order chi connectivity index (χ1) is 14.9. The molecule has 2 aromatic heterocycles. The Morgan fingerprint density at radius 3 is 2.56 bits per heavy atom. The summed E-state index contributed by atoms with van der Waals surface area (Å²) in [7, 11) is 0. The number of nitrogens with one attached hydrogen (secondary N) is 2. The maximum absolute atomic E-state index is 13.7. The molecule has 6 nitrogen and oxygen atoms in total. The van der Waals surface area contributed by atoms with Crippen LogP contribution in [0, 0.1) is 0 Å². The van der Waals surface area contributed by atoms with Crippen molar-refractivity contribution in [2.45, 2.75) is 37.7 Å². The summed E-state index contributed by atoms with van der Waals surface area (Å²) >= 11 is 0. The Kier molecular flexibility index (Phi) is 5.51. The van der Waals surface area contributed by atoms with Gasteiger partial charge in [-0.15, -0.1) is 0 Å². The van der Waals surface area contributed by atoms with Crippen LogP contribution < -0.4 is 15.5 Å². The molecule has 0 bridgehead atoms. The molecule has 4 heterocycles. The SMILES string of the molecule is C[C@H]1CN(c2cc(C(F)(F)F)cc(-c3ccnc4c3[C@@H](C(F)(F)F)CC(=O)N4)n2)CCN1. The van der Waals surface area contributed by atoms with Gasteiger partial charge < -0.3 is 15.5 Å². The number of rotatable bonds is 2. The lowest BCUT2D eigenvalue weighted by Crippen LogP contribution is -2.49. The van der Waals surface area contributed by atoms with E-state index in [0.29, 0.717) is 19.6 Å². The van der Waals surface area contributed by atoms with Gasteiger partial charge in [0.25, 0.3) is 0 Å². The van der Waals surface area contributed by atoms with Crippen molar-refractivity contribution in [1.29, 1.82) is 0 Å². The number of carbonyl (C=O) groups is 1. The van der Waals surface area contributed by atoms with Gasteiger partial charge in [-0.1, -0.05) is 0 Å². The van der Waals surface area contributed by atoms with Crippen molar-refractivity contribution in [3.63, 3.8) is 0 Å². The van der Waals surface area contributed by atoms with Crippen LogP contribution in [0.1, 0.15) is 30.4 Å². The van der Waals surface area contributed by atoms with E-state index in [2.05, 4.69) is 20.6 Å². The normalized spacial score (nSPS) is 21.8. The number of alkyl halides is 6. The molecule has 12 heteroatoms. The molecule has 0 spiro atoms. The van der Waals surface area contributed by atoms with Crippen LogP contribution in [-0.4, -0.2) is 47.7 Å². The Morgan fingerprint density at radius 1 is 1.16 bits per heavy atom. The molecule has 0 saturated carbocycles. The van der Waals surface area contributed by atoms with Crippen molar-refractivity contribution < 1.29 is 31.1 Å². The number of hydrogen-bond acceptors (Lipinski definition) is 5. The Labute approximate surface area is 179 Å². The number of nitrogens with zero attached hydrogens (tertiary/aromatic N) is 3. The second-order valence-corrected chi connectivity index (χ2v) is 7.87. The number of carbonyl (C=O) groups excluding carboxylic acids is 1. The van der Waals surface area contributed by atoms with E-state index in [1.165, 1.54) is 6.07 Å². The van der Waals surface area contributed by atoms with Crippen LogP contribution in [0.25, 0.3) is 11.3 Å². The second-order valence-electron chi connectivity index (χ2n) is 7.87. The molecule has 0 aliphatic carbocycles. The topological polar surface area (TPSA) is 70.2 Å². The Hall–Kier alpha value is -2.89. The summed E-state index contributed by atoms with van der Waals surface area (Å²) < 4.78 is 82.2. The molecule has 0 unspecified atom stereocenters. The quantitative estimate of drug-likeness (QED) is 0.666. The van der Waals surface area contributed by atoms with Gasteiger partial charge in [0.1, 0.15) is 11.6 Å². The van der Waals surface area contributed by atoms with E-state index in [4.69, 9.17) is 0 Å². The molecule has 4 rings (SSSR count). The zero-order valence-electron chi connectivity index (χ0n) is 16.8. The molecule has 2 N–H and O–H groups in total. The maximum atomic E-state index is 13.7. The Morgan fingerprint density at radius 2 is 1.91 bits per heavy atom. The zero-order chi connectivity index (χ0) is 23.3. The van der Waals surface area contributed by atoms with Crippen LogP contribution in [0.15, 0.2) is 24.4 Å². The summed E-state index contributed by atoms with van der Waals surface area (Å²) in [6.45, 7) is 3.19. The third-order valence-electron chi connectivity index (χ3n) is 5.49. The molecule has 2 aliphatic rings. The number of amides is 1. The summed E-state index contributed by atoms with van der Waals surface area (Å²) in [5.74, 6) is -3.36. The Bertz CT molecular complexity index is 1040. The van der Waals surface area contributed by atoms with Crippen LogP contribution in [0.2, 0.25) is 0 Å². The summed E-state index contributed by atoms with van der Waals surface area (Å²) in [5.41, 5.74) is -1.80. The van der Waals surface area contributed by atoms with Crippen molar-refractivity contribution in [2.24, 2.45) is 0 Å².